The molecule has 1 aliphatic rings. The highest BCUT2D eigenvalue weighted by Gasteiger charge is 2.26. The van der Waals surface area contributed by atoms with Gasteiger partial charge in [-0.2, -0.15) is 0 Å². The fraction of sp³-hybridized carbons (Fsp3) is 0.676. The van der Waals surface area contributed by atoms with Gasteiger partial charge in [0.25, 0.3) is 5.91 Å². The van der Waals surface area contributed by atoms with E-state index < -0.39 is 16.8 Å². The van der Waals surface area contributed by atoms with Crippen molar-refractivity contribution in [1.82, 2.24) is 19.6 Å². The number of amides is 1. The second-order valence-corrected chi connectivity index (χ2v) is 14.6. The van der Waals surface area contributed by atoms with E-state index in [1.54, 1.807) is 29.2 Å². The largest absolute Gasteiger partial charge is 0.459 e. The van der Waals surface area contributed by atoms with Crippen LogP contribution in [0.2, 0.25) is 0 Å². The summed E-state index contributed by atoms with van der Waals surface area (Å²) in [5.74, 6) is -1.36. The number of hydrogen-bond acceptors (Lipinski definition) is 11. The van der Waals surface area contributed by atoms with Crippen molar-refractivity contribution >= 4 is 30.1 Å². The molecule has 0 unspecified atom stereocenters. The fourth-order valence-corrected chi connectivity index (χ4v) is 4.77. The Balaban J connectivity index is 2.36. The predicted octanol–water partition coefficient (Wildman–Crippen LogP) is 2.89. The van der Waals surface area contributed by atoms with Crippen molar-refractivity contribution in [3.63, 3.8) is 0 Å². The molecule has 1 aromatic carbocycles. The number of nitrogens with zero attached hydrogens (tertiary/aromatic N) is 4. The van der Waals surface area contributed by atoms with Crippen molar-refractivity contribution in [2.45, 2.75) is 79.1 Å². The van der Waals surface area contributed by atoms with E-state index in [-0.39, 0.29) is 43.4 Å². The Labute approximate surface area is 274 Å². The molecule has 0 aromatic heterocycles. The van der Waals surface area contributed by atoms with Crippen LogP contribution in [0.15, 0.2) is 24.3 Å². The predicted molar refractivity (Wildman–Crippen MR) is 175 cm³/mol. The van der Waals surface area contributed by atoms with E-state index in [4.69, 9.17) is 14.2 Å². The summed E-state index contributed by atoms with van der Waals surface area (Å²) in [6, 6.07) is 6.43. The zero-order valence-corrected chi connectivity index (χ0v) is 29.2. The Hall–Kier alpha value is -3.35. The van der Waals surface area contributed by atoms with Crippen LogP contribution in [0.1, 0.15) is 83.0 Å². The molecule has 0 radical (unpaired) electrons. The third-order valence-corrected chi connectivity index (χ3v) is 6.74. The molecule has 2 rings (SSSR count). The fourth-order valence-electron chi connectivity index (χ4n) is 4.77. The highest BCUT2D eigenvalue weighted by Crippen LogP contribution is 2.13. The van der Waals surface area contributed by atoms with Crippen molar-refractivity contribution in [3.05, 3.63) is 35.4 Å². The molecule has 0 aliphatic carbocycles. The first kappa shape index (κ1) is 38.8. The van der Waals surface area contributed by atoms with Gasteiger partial charge in [0.2, 0.25) is 0 Å². The van der Waals surface area contributed by atoms with Crippen molar-refractivity contribution in [1.29, 1.82) is 0 Å². The summed E-state index contributed by atoms with van der Waals surface area (Å²) in [5, 5.41) is 0. The molecule has 46 heavy (non-hydrogen) atoms. The van der Waals surface area contributed by atoms with E-state index in [0.29, 0.717) is 63.5 Å². The number of benzene rings is 1. The molecule has 1 aromatic rings. The molecular weight excluding hydrogens is 592 g/mol. The van der Waals surface area contributed by atoms with Crippen LogP contribution >= 0.6 is 0 Å². The van der Waals surface area contributed by atoms with Crippen LogP contribution < -0.4 is 0 Å². The molecular formula is C34H54N4O8. The number of rotatable bonds is 8. The molecule has 0 spiro atoms. The van der Waals surface area contributed by atoms with Crippen LogP contribution in [-0.2, 0) is 28.6 Å². The Kier molecular flexibility index (Phi) is 14.3. The SMILES string of the molecule is CC(C)(C)OC(=O)CN1CCN(CC(=O)OC(C)(C)C)CCN(C(=O)c2ccc(C=O)cc2)CCN(CC(=O)OC(C)(C)C)CC1. The third-order valence-electron chi connectivity index (χ3n) is 6.74. The van der Waals surface area contributed by atoms with Gasteiger partial charge in [0.1, 0.15) is 23.1 Å². The van der Waals surface area contributed by atoms with Crippen LogP contribution in [0.25, 0.3) is 0 Å². The first-order valence-corrected chi connectivity index (χ1v) is 15.9. The molecule has 12 heteroatoms. The minimum atomic E-state index is -0.653. The van der Waals surface area contributed by atoms with Crippen molar-refractivity contribution in [2.24, 2.45) is 0 Å². The van der Waals surface area contributed by atoms with Crippen LogP contribution in [0.3, 0.4) is 0 Å². The summed E-state index contributed by atoms with van der Waals surface area (Å²) >= 11 is 0. The zero-order valence-electron chi connectivity index (χ0n) is 29.2. The second-order valence-electron chi connectivity index (χ2n) is 14.6. The number of ether oxygens (including phenoxy) is 3. The van der Waals surface area contributed by atoms with Crippen molar-refractivity contribution in [3.8, 4) is 0 Å². The van der Waals surface area contributed by atoms with E-state index in [0.717, 1.165) is 6.29 Å². The lowest BCUT2D eigenvalue weighted by Crippen LogP contribution is -2.50. The van der Waals surface area contributed by atoms with Crippen LogP contribution in [-0.4, -0.2) is 138 Å². The maximum atomic E-state index is 13.7. The lowest BCUT2D eigenvalue weighted by molar-refractivity contribution is -0.158. The first-order chi connectivity index (χ1) is 21.2. The Morgan fingerprint density at radius 3 is 1.15 bits per heavy atom. The normalized spacial score (nSPS) is 16.9. The molecule has 0 saturated carbocycles. The number of esters is 3. The minimum absolute atomic E-state index is 0.0123. The molecule has 1 fully saturated rings. The Bertz CT molecular complexity index is 1140. The summed E-state index contributed by atoms with van der Waals surface area (Å²) in [4.78, 5) is 70.9. The second kappa shape index (κ2) is 17.0. The van der Waals surface area contributed by atoms with Gasteiger partial charge in [0, 0.05) is 63.5 Å². The van der Waals surface area contributed by atoms with Gasteiger partial charge in [-0.1, -0.05) is 12.1 Å². The quantitative estimate of drug-likeness (QED) is 0.235. The lowest BCUT2D eigenvalue weighted by atomic mass is 10.1. The van der Waals surface area contributed by atoms with Crippen molar-refractivity contribution in [2.75, 3.05) is 72.0 Å². The van der Waals surface area contributed by atoms with E-state index in [2.05, 4.69) is 0 Å². The topological polar surface area (TPSA) is 126 Å². The molecule has 0 bridgehead atoms. The highest BCUT2D eigenvalue weighted by molar-refractivity contribution is 5.95. The van der Waals surface area contributed by atoms with Crippen LogP contribution in [0, 0.1) is 0 Å². The molecule has 1 heterocycles. The Morgan fingerprint density at radius 1 is 0.565 bits per heavy atom. The average Bonchev–Trinajstić information content (AvgIpc) is 2.89. The van der Waals surface area contributed by atoms with Gasteiger partial charge in [-0.15, -0.1) is 0 Å². The van der Waals surface area contributed by atoms with Gasteiger partial charge in [-0.25, -0.2) is 0 Å². The molecule has 1 aliphatic heterocycles. The molecule has 0 atom stereocenters. The number of hydrogen-bond donors (Lipinski definition) is 0. The summed E-state index contributed by atoms with van der Waals surface area (Å²) in [5.41, 5.74) is -1.05. The molecule has 1 amide bonds. The molecule has 258 valence electrons. The molecule has 12 nitrogen and oxygen atoms in total. The standard InChI is InChI=1S/C34H54N4O8/c1-32(2,3)44-28(40)22-35-14-16-36(23-29(41)45-33(4,5)6)18-20-38(31(43)27-12-10-26(25-39)11-13-27)21-19-37(17-15-35)24-30(42)46-34(7,8)9/h10-13,25H,14-24H2,1-9H3. The summed E-state index contributed by atoms with van der Waals surface area (Å²) in [6.07, 6.45) is 0.722. The van der Waals surface area contributed by atoms with Gasteiger partial charge in [0.15, 0.2) is 0 Å². The first-order valence-electron chi connectivity index (χ1n) is 15.9. The third kappa shape index (κ3) is 15.8. The van der Waals surface area contributed by atoms with Gasteiger partial charge in [-0.3, -0.25) is 38.7 Å². The van der Waals surface area contributed by atoms with Crippen LogP contribution in [0.4, 0.5) is 0 Å². The molecule has 0 N–H and O–H groups in total. The number of carbonyl (C=O) groups excluding carboxylic acids is 5. The number of carbonyl (C=O) groups is 5. The number of aldehydes is 1. The van der Waals surface area contributed by atoms with Gasteiger partial charge in [-0.05, 0) is 74.4 Å². The summed E-state index contributed by atoms with van der Waals surface area (Å²) in [7, 11) is 0. The Morgan fingerprint density at radius 2 is 0.870 bits per heavy atom. The van der Waals surface area contributed by atoms with Gasteiger partial charge >= 0.3 is 17.9 Å². The van der Waals surface area contributed by atoms with Gasteiger partial charge in [0.05, 0.1) is 19.6 Å². The van der Waals surface area contributed by atoms with E-state index in [9.17, 15) is 24.0 Å². The van der Waals surface area contributed by atoms with E-state index >= 15 is 0 Å². The summed E-state index contributed by atoms with van der Waals surface area (Å²) < 4.78 is 16.7. The monoisotopic (exact) mass is 646 g/mol. The maximum Gasteiger partial charge on any atom is 0.320 e. The van der Waals surface area contributed by atoms with E-state index in [1.807, 2.05) is 77.0 Å². The summed E-state index contributed by atoms with van der Waals surface area (Å²) in [6.45, 7) is 19.4. The van der Waals surface area contributed by atoms with Crippen molar-refractivity contribution < 1.29 is 38.2 Å². The maximum absolute atomic E-state index is 13.7. The van der Waals surface area contributed by atoms with Crippen LogP contribution in [0.5, 0.6) is 0 Å². The van der Waals surface area contributed by atoms with Gasteiger partial charge < -0.3 is 19.1 Å². The lowest BCUT2D eigenvalue weighted by Gasteiger charge is -2.34. The molecule has 1 saturated heterocycles. The minimum Gasteiger partial charge on any atom is -0.459 e. The highest BCUT2D eigenvalue weighted by atomic mass is 16.6. The smallest absolute Gasteiger partial charge is 0.320 e. The average molecular weight is 647 g/mol. The zero-order chi connectivity index (χ0) is 34.7. The van der Waals surface area contributed by atoms with E-state index in [1.165, 1.54) is 0 Å².